The van der Waals surface area contributed by atoms with E-state index in [2.05, 4.69) is 11.4 Å². The van der Waals surface area contributed by atoms with Gasteiger partial charge in [0.25, 0.3) is 0 Å². The van der Waals surface area contributed by atoms with Crippen molar-refractivity contribution in [3.63, 3.8) is 0 Å². The standard InChI is InChI=1S/C28H26N2O5/c31-26(16-30-22-7-3-1-5-20(22)27(32)21-6-2-4-8-23(21)30)29-17-28(11-13-33-14-12-28)19-9-10-24-25(15-19)35-18-34-24/h1-10,15H,11-14,16-18H2,(H,29,31). The van der Waals surface area contributed by atoms with E-state index in [1.807, 2.05) is 65.2 Å². The molecule has 0 radical (unpaired) electrons. The summed E-state index contributed by atoms with van der Waals surface area (Å²) in [5.41, 5.74) is 2.36. The van der Waals surface area contributed by atoms with Crippen LogP contribution in [0.1, 0.15) is 18.4 Å². The summed E-state index contributed by atoms with van der Waals surface area (Å²) in [6.45, 7) is 2.12. The van der Waals surface area contributed by atoms with Crippen LogP contribution in [0, 0.1) is 0 Å². The molecule has 2 aliphatic heterocycles. The van der Waals surface area contributed by atoms with Gasteiger partial charge in [0.15, 0.2) is 16.9 Å². The lowest BCUT2D eigenvalue weighted by Gasteiger charge is -2.38. The van der Waals surface area contributed by atoms with Crippen LogP contribution in [0.4, 0.5) is 0 Å². The van der Waals surface area contributed by atoms with Crippen LogP contribution in [0.5, 0.6) is 11.5 Å². The van der Waals surface area contributed by atoms with E-state index in [0.29, 0.717) is 30.5 Å². The van der Waals surface area contributed by atoms with E-state index in [1.165, 1.54) is 0 Å². The number of pyridine rings is 1. The van der Waals surface area contributed by atoms with Gasteiger partial charge in [-0.2, -0.15) is 0 Å². The van der Waals surface area contributed by atoms with E-state index in [-0.39, 0.29) is 30.1 Å². The fourth-order valence-electron chi connectivity index (χ4n) is 5.27. The third-order valence-corrected chi connectivity index (χ3v) is 7.24. The molecule has 0 aliphatic carbocycles. The molecule has 1 amide bonds. The van der Waals surface area contributed by atoms with Gasteiger partial charge in [0, 0.05) is 35.9 Å². The smallest absolute Gasteiger partial charge is 0.239 e. The Bertz CT molecular complexity index is 1430. The number of fused-ring (bicyclic) bond motifs is 3. The first-order valence-corrected chi connectivity index (χ1v) is 11.9. The van der Waals surface area contributed by atoms with E-state index < -0.39 is 0 Å². The zero-order valence-electron chi connectivity index (χ0n) is 19.3. The van der Waals surface area contributed by atoms with Gasteiger partial charge >= 0.3 is 0 Å². The van der Waals surface area contributed by atoms with Crippen LogP contribution in [0.2, 0.25) is 0 Å². The Morgan fingerprint density at radius 2 is 1.54 bits per heavy atom. The number of carbonyl (C=O) groups is 1. The number of amides is 1. The van der Waals surface area contributed by atoms with Crippen molar-refractivity contribution in [2.45, 2.75) is 24.8 Å². The predicted molar refractivity (Wildman–Crippen MR) is 133 cm³/mol. The maximum atomic E-state index is 13.3. The Morgan fingerprint density at radius 1 is 0.886 bits per heavy atom. The van der Waals surface area contributed by atoms with Crippen LogP contribution >= 0.6 is 0 Å². The first-order chi connectivity index (χ1) is 17.1. The fourth-order valence-corrected chi connectivity index (χ4v) is 5.27. The van der Waals surface area contributed by atoms with E-state index in [4.69, 9.17) is 14.2 Å². The number of aromatic nitrogens is 1. The molecule has 1 saturated heterocycles. The molecule has 1 fully saturated rings. The van der Waals surface area contributed by atoms with Gasteiger partial charge in [-0.05, 0) is 54.8 Å². The first kappa shape index (κ1) is 21.7. The van der Waals surface area contributed by atoms with Gasteiger partial charge in [0.1, 0.15) is 6.54 Å². The van der Waals surface area contributed by atoms with E-state index in [0.717, 1.165) is 40.9 Å². The average Bonchev–Trinajstić information content (AvgIpc) is 3.39. The Hall–Kier alpha value is -3.84. The zero-order chi connectivity index (χ0) is 23.8. The summed E-state index contributed by atoms with van der Waals surface area (Å²) in [6.07, 6.45) is 1.60. The lowest BCUT2D eigenvalue weighted by molar-refractivity contribution is -0.122. The highest BCUT2D eigenvalue weighted by Gasteiger charge is 2.36. The summed E-state index contributed by atoms with van der Waals surface area (Å²) in [5.74, 6) is 1.39. The van der Waals surface area contributed by atoms with E-state index in [9.17, 15) is 9.59 Å². The van der Waals surface area contributed by atoms with Gasteiger partial charge in [-0.25, -0.2) is 0 Å². The van der Waals surface area contributed by atoms with Crippen LogP contribution in [-0.2, 0) is 21.5 Å². The van der Waals surface area contributed by atoms with Crippen LogP contribution in [0.25, 0.3) is 21.8 Å². The molecule has 0 atom stereocenters. The molecular formula is C28H26N2O5. The maximum Gasteiger partial charge on any atom is 0.239 e. The minimum Gasteiger partial charge on any atom is -0.454 e. The minimum atomic E-state index is -0.247. The number of hydrogen-bond donors (Lipinski definition) is 1. The molecule has 4 aromatic rings. The van der Waals surface area contributed by atoms with Crippen LogP contribution in [0.3, 0.4) is 0 Å². The number of nitrogens with one attached hydrogen (secondary N) is 1. The molecule has 6 rings (SSSR count). The number of carbonyl (C=O) groups excluding carboxylic acids is 1. The number of para-hydroxylation sites is 2. The first-order valence-electron chi connectivity index (χ1n) is 11.9. The van der Waals surface area contributed by atoms with Gasteiger partial charge in [0.2, 0.25) is 12.7 Å². The molecular weight excluding hydrogens is 444 g/mol. The van der Waals surface area contributed by atoms with Crippen molar-refractivity contribution < 1.29 is 19.0 Å². The second-order valence-electron chi connectivity index (χ2n) is 9.19. The highest BCUT2D eigenvalue weighted by molar-refractivity contribution is 5.94. The minimum absolute atomic E-state index is 0.0168. The Labute approximate surface area is 202 Å². The van der Waals surface area contributed by atoms with Crippen LogP contribution in [-0.4, -0.2) is 37.0 Å². The molecule has 0 spiro atoms. The molecule has 0 saturated carbocycles. The molecule has 1 aromatic heterocycles. The summed E-state index contributed by atoms with van der Waals surface area (Å²) in [4.78, 5) is 26.3. The average molecular weight is 471 g/mol. The second kappa shape index (κ2) is 8.74. The van der Waals surface area contributed by atoms with E-state index >= 15 is 0 Å². The molecule has 3 aromatic carbocycles. The summed E-state index contributed by atoms with van der Waals surface area (Å²) in [6, 6.07) is 20.9. The molecule has 0 unspecified atom stereocenters. The molecule has 178 valence electrons. The third kappa shape index (κ3) is 3.82. The Morgan fingerprint density at radius 3 is 2.26 bits per heavy atom. The molecule has 0 bridgehead atoms. The lowest BCUT2D eigenvalue weighted by Crippen LogP contribution is -2.45. The van der Waals surface area contributed by atoms with Crippen molar-refractivity contribution in [2.24, 2.45) is 0 Å². The topological polar surface area (TPSA) is 78.8 Å². The van der Waals surface area contributed by atoms with Crippen molar-refractivity contribution in [1.82, 2.24) is 9.88 Å². The summed E-state index contributed by atoms with van der Waals surface area (Å²) in [7, 11) is 0. The normalized spacial score (nSPS) is 16.5. The fraction of sp³-hybridized carbons (Fsp3) is 0.286. The lowest BCUT2D eigenvalue weighted by atomic mass is 9.74. The number of rotatable bonds is 5. The summed E-state index contributed by atoms with van der Waals surface area (Å²) in [5, 5.41) is 4.41. The van der Waals surface area contributed by atoms with Gasteiger partial charge in [-0.15, -0.1) is 0 Å². The zero-order valence-corrected chi connectivity index (χ0v) is 19.3. The number of hydrogen-bond acceptors (Lipinski definition) is 5. The van der Waals surface area contributed by atoms with Crippen molar-refractivity contribution in [1.29, 1.82) is 0 Å². The predicted octanol–water partition coefficient (Wildman–Crippen LogP) is 3.75. The molecule has 3 heterocycles. The van der Waals surface area contributed by atoms with Gasteiger partial charge in [-0.1, -0.05) is 30.3 Å². The van der Waals surface area contributed by atoms with Crippen molar-refractivity contribution in [3.8, 4) is 11.5 Å². The van der Waals surface area contributed by atoms with Gasteiger partial charge in [0.05, 0.1) is 11.0 Å². The van der Waals surface area contributed by atoms with Crippen LogP contribution < -0.4 is 20.2 Å². The Kier molecular flexibility index (Phi) is 5.41. The molecule has 7 nitrogen and oxygen atoms in total. The molecule has 2 aliphatic rings. The van der Waals surface area contributed by atoms with Crippen molar-refractivity contribution in [2.75, 3.05) is 26.6 Å². The van der Waals surface area contributed by atoms with Crippen LogP contribution in [0.15, 0.2) is 71.5 Å². The SMILES string of the molecule is O=C(Cn1c2ccccc2c(=O)c2ccccc21)NCC1(c2ccc3c(c2)OCO3)CCOCC1. The monoisotopic (exact) mass is 470 g/mol. The highest BCUT2D eigenvalue weighted by Crippen LogP contribution is 2.40. The summed E-state index contributed by atoms with van der Waals surface area (Å²) >= 11 is 0. The van der Waals surface area contributed by atoms with E-state index in [1.54, 1.807) is 0 Å². The maximum absolute atomic E-state index is 13.3. The molecule has 35 heavy (non-hydrogen) atoms. The molecule has 7 heteroatoms. The number of nitrogens with zero attached hydrogens (tertiary/aromatic N) is 1. The third-order valence-electron chi connectivity index (χ3n) is 7.24. The Balaban J connectivity index is 1.30. The van der Waals surface area contributed by atoms with Gasteiger partial charge in [-0.3, -0.25) is 9.59 Å². The number of ether oxygens (including phenoxy) is 3. The number of benzene rings is 3. The summed E-state index contributed by atoms with van der Waals surface area (Å²) < 4.78 is 18.7. The van der Waals surface area contributed by atoms with Gasteiger partial charge < -0.3 is 24.1 Å². The highest BCUT2D eigenvalue weighted by atomic mass is 16.7. The largest absolute Gasteiger partial charge is 0.454 e. The molecule has 1 N–H and O–H groups in total. The quantitative estimate of drug-likeness (QED) is 0.450. The van der Waals surface area contributed by atoms with Crippen molar-refractivity contribution in [3.05, 3.63) is 82.5 Å². The van der Waals surface area contributed by atoms with Crippen molar-refractivity contribution >= 4 is 27.7 Å². The second-order valence-corrected chi connectivity index (χ2v) is 9.19.